The molecular formula is C10H14ClN3O. The fourth-order valence-electron chi connectivity index (χ4n) is 1.58. The lowest BCUT2D eigenvalue weighted by Gasteiger charge is -2.29. The molecule has 4 nitrogen and oxygen atoms in total. The van der Waals surface area contributed by atoms with Crippen LogP contribution in [0, 0.1) is 0 Å². The van der Waals surface area contributed by atoms with Gasteiger partial charge in [-0.1, -0.05) is 0 Å². The van der Waals surface area contributed by atoms with Crippen molar-refractivity contribution in [1.29, 1.82) is 0 Å². The maximum Gasteiger partial charge on any atom is 0.158 e. The van der Waals surface area contributed by atoms with Crippen LogP contribution in [0.3, 0.4) is 0 Å². The van der Waals surface area contributed by atoms with Gasteiger partial charge < -0.3 is 9.64 Å². The Morgan fingerprint density at radius 1 is 1.67 bits per heavy atom. The minimum absolute atomic E-state index is 0.0214. The van der Waals surface area contributed by atoms with E-state index in [9.17, 15) is 0 Å². The number of halogens is 1. The zero-order chi connectivity index (χ0) is 10.7. The monoisotopic (exact) mass is 227 g/mol. The standard InChI is InChI=1S/C10H14ClN3O/c1-14-4-5-15-9(7-14)10-12-3-2-8(6-11)13-10/h2-3,9H,4-7H2,1H3. The molecule has 0 amide bonds. The summed E-state index contributed by atoms with van der Waals surface area (Å²) in [7, 11) is 2.07. The number of hydrogen-bond donors (Lipinski definition) is 0. The van der Waals surface area contributed by atoms with E-state index in [0.717, 1.165) is 31.2 Å². The summed E-state index contributed by atoms with van der Waals surface area (Å²) >= 11 is 5.72. The summed E-state index contributed by atoms with van der Waals surface area (Å²) in [5, 5.41) is 0. The van der Waals surface area contributed by atoms with Crippen LogP contribution in [0.2, 0.25) is 0 Å². The molecule has 2 heterocycles. The summed E-state index contributed by atoms with van der Waals surface area (Å²) in [5.74, 6) is 1.15. The lowest BCUT2D eigenvalue weighted by Crippen LogP contribution is -2.36. The predicted molar refractivity (Wildman–Crippen MR) is 57.8 cm³/mol. The molecule has 2 rings (SSSR count). The molecule has 1 unspecified atom stereocenters. The fraction of sp³-hybridized carbons (Fsp3) is 0.600. The van der Waals surface area contributed by atoms with E-state index in [2.05, 4.69) is 21.9 Å². The van der Waals surface area contributed by atoms with Crippen molar-refractivity contribution in [2.45, 2.75) is 12.0 Å². The number of ether oxygens (including phenoxy) is 1. The summed E-state index contributed by atoms with van der Waals surface area (Å²) in [4.78, 5) is 10.8. The minimum Gasteiger partial charge on any atom is -0.368 e. The van der Waals surface area contributed by atoms with Crippen LogP contribution < -0.4 is 0 Å². The van der Waals surface area contributed by atoms with Crippen molar-refractivity contribution in [2.75, 3.05) is 26.7 Å². The van der Waals surface area contributed by atoms with Crippen LogP contribution in [0.25, 0.3) is 0 Å². The molecule has 1 aromatic rings. The van der Waals surface area contributed by atoms with Gasteiger partial charge in [-0.25, -0.2) is 9.97 Å². The Morgan fingerprint density at radius 2 is 2.53 bits per heavy atom. The van der Waals surface area contributed by atoms with Gasteiger partial charge in [0.2, 0.25) is 0 Å². The van der Waals surface area contributed by atoms with Crippen molar-refractivity contribution in [3.05, 3.63) is 23.8 Å². The lowest BCUT2D eigenvalue weighted by molar-refractivity contribution is -0.0255. The van der Waals surface area contributed by atoms with Crippen LogP contribution in [0.15, 0.2) is 12.3 Å². The molecule has 1 aliphatic rings. The van der Waals surface area contributed by atoms with E-state index >= 15 is 0 Å². The highest BCUT2D eigenvalue weighted by molar-refractivity contribution is 6.16. The Balaban J connectivity index is 2.13. The third-order valence-electron chi connectivity index (χ3n) is 2.43. The molecule has 1 atom stereocenters. The first kappa shape index (κ1) is 10.8. The van der Waals surface area contributed by atoms with Crippen molar-refractivity contribution in [3.63, 3.8) is 0 Å². The van der Waals surface area contributed by atoms with Gasteiger partial charge in [0.15, 0.2) is 5.82 Å². The number of morpholine rings is 1. The molecule has 1 fully saturated rings. The predicted octanol–water partition coefficient (Wildman–Crippen LogP) is 1.22. The summed E-state index contributed by atoms with van der Waals surface area (Å²) in [6.07, 6.45) is 1.71. The van der Waals surface area contributed by atoms with Crippen molar-refractivity contribution in [1.82, 2.24) is 14.9 Å². The molecule has 1 aliphatic heterocycles. The largest absolute Gasteiger partial charge is 0.368 e. The van der Waals surface area contributed by atoms with Gasteiger partial charge in [-0.05, 0) is 13.1 Å². The Morgan fingerprint density at radius 3 is 3.27 bits per heavy atom. The highest BCUT2D eigenvalue weighted by Gasteiger charge is 2.21. The molecular weight excluding hydrogens is 214 g/mol. The van der Waals surface area contributed by atoms with Crippen LogP contribution in [0.5, 0.6) is 0 Å². The van der Waals surface area contributed by atoms with Gasteiger partial charge in [0.1, 0.15) is 6.10 Å². The Bertz CT molecular complexity index is 334. The zero-order valence-corrected chi connectivity index (χ0v) is 9.44. The van der Waals surface area contributed by atoms with Gasteiger partial charge in [-0.3, -0.25) is 0 Å². The van der Waals surface area contributed by atoms with Crippen LogP contribution in [0.1, 0.15) is 17.6 Å². The quantitative estimate of drug-likeness (QED) is 0.713. The second-order valence-electron chi connectivity index (χ2n) is 3.66. The number of nitrogens with zero attached hydrogens (tertiary/aromatic N) is 3. The maximum absolute atomic E-state index is 5.72. The number of hydrogen-bond acceptors (Lipinski definition) is 4. The van der Waals surface area contributed by atoms with Crippen LogP contribution >= 0.6 is 11.6 Å². The van der Waals surface area contributed by atoms with Gasteiger partial charge in [0, 0.05) is 19.3 Å². The first-order valence-corrected chi connectivity index (χ1v) is 5.51. The van der Waals surface area contributed by atoms with E-state index < -0.39 is 0 Å². The SMILES string of the molecule is CN1CCOC(c2nccc(CCl)n2)C1. The second-order valence-corrected chi connectivity index (χ2v) is 3.93. The Labute approximate surface area is 94.2 Å². The third-order valence-corrected chi connectivity index (χ3v) is 2.70. The highest BCUT2D eigenvalue weighted by atomic mass is 35.5. The molecule has 82 valence electrons. The molecule has 0 bridgehead atoms. The summed E-state index contributed by atoms with van der Waals surface area (Å²) in [6.45, 7) is 2.53. The smallest absolute Gasteiger partial charge is 0.158 e. The fourth-order valence-corrected chi connectivity index (χ4v) is 1.73. The van der Waals surface area contributed by atoms with Gasteiger partial charge in [0.25, 0.3) is 0 Å². The van der Waals surface area contributed by atoms with E-state index in [1.165, 1.54) is 0 Å². The summed E-state index contributed by atoms with van der Waals surface area (Å²) in [6, 6.07) is 1.82. The molecule has 0 aromatic carbocycles. The van der Waals surface area contributed by atoms with E-state index in [-0.39, 0.29) is 6.10 Å². The number of aromatic nitrogens is 2. The number of likely N-dealkylation sites (N-methyl/N-ethyl adjacent to an activating group) is 1. The van der Waals surface area contributed by atoms with Crippen LogP contribution in [0.4, 0.5) is 0 Å². The molecule has 0 aliphatic carbocycles. The van der Waals surface area contributed by atoms with Crippen molar-refractivity contribution in [2.24, 2.45) is 0 Å². The molecule has 1 saturated heterocycles. The molecule has 0 saturated carbocycles. The van der Waals surface area contributed by atoms with E-state index in [4.69, 9.17) is 16.3 Å². The molecule has 5 heteroatoms. The van der Waals surface area contributed by atoms with Crippen LogP contribution in [-0.4, -0.2) is 41.6 Å². The molecule has 0 spiro atoms. The first-order chi connectivity index (χ1) is 7.29. The van der Waals surface area contributed by atoms with Crippen molar-refractivity contribution < 1.29 is 4.74 Å². The molecule has 1 aromatic heterocycles. The lowest BCUT2D eigenvalue weighted by atomic mass is 10.2. The molecule has 0 radical (unpaired) electrons. The maximum atomic E-state index is 5.72. The normalized spacial score (nSPS) is 22.9. The Kier molecular flexibility index (Phi) is 3.51. The highest BCUT2D eigenvalue weighted by Crippen LogP contribution is 2.18. The van der Waals surface area contributed by atoms with E-state index in [1.54, 1.807) is 6.20 Å². The van der Waals surface area contributed by atoms with Gasteiger partial charge in [-0.15, -0.1) is 11.6 Å². The summed E-state index contributed by atoms with van der Waals surface area (Å²) in [5.41, 5.74) is 0.846. The first-order valence-electron chi connectivity index (χ1n) is 4.97. The zero-order valence-electron chi connectivity index (χ0n) is 8.69. The van der Waals surface area contributed by atoms with E-state index in [1.807, 2.05) is 6.07 Å². The van der Waals surface area contributed by atoms with Crippen molar-refractivity contribution >= 4 is 11.6 Å². The molecule has 15 heavy (non-hydrogen) atoms. The van der Waals surface area contributed by atoms with Gasteiger partial charge >= 0.3 is 0 Å². The van der Waals surface area contributed by atoms with E-state index in [0.29, 0.717) is 5.88 Å². The average molecular weight is 228 g/mol. The average Bonchev–Trinajstić information content (AvgIpc) is 2.29. The third kappa shape index (κ3) is 2.65. The minimum atomic E-state index is -0.0214. The van der Waals surface area contributed by atoms with Crippen LogP contribution in [-0.2, 0) is 10.6 Å². The summed E-state index contributed by atoms with van der Waals surface area (Å²) < 4.78 is 5.62. The van der Waals surface area contributed by atoms with Gasteiger partial charge in [-0.2, -0.15) is 0 Å². The Hall–Kier alpha value is -0.710. The topological polar surface area (TPSA) is 38.2 Å². The van der Waals surface area contributed by atoms with Gasteiger partial charge in [0.05, 0.1) is 18.2 Å². The number of alkyl halides is 1. The van der Waals surface area contributed by atoms with Crippen molar-refractivity contribution in [3.8, 4) is 0 Å². The number of rotatable bonds is 2. The second kappa shape index (κ2) is 4.88. The molecule has 0 N–H and O–H groups in total.